The number of nitrogens with zero attached hydrogens (tertiary/aromatic N) is 3. The lowest BCUT2D eigenvalue weighted by Crippen LogP contribution is -2.01. The Labute approximate surface area is 88.9 Å². The molecule has 15 heavy (non-hydrogen) atoms. The second-order valence-corrected chi connectivity index (χ2v) is 3.22. The molecule has 2 rings (SSSR count). The van der Waals surface area contributed by atoms with Crippen molar-refractivity contribution in [2.75, 3.05) is 11.9 Å². The Bertz CT molecular complexity index is 447. The van der Waals surface area contributed by atoms with Crippen LogP contribution in [0.25, 0.3) is 5.69 Å². The smallest absolute Gasteiger partial charge is 0.169 e. The molecule has 1 aromatic carbocycles. The summed E-state index contributed by atoms with van der Waals surface area (Å²) in [6.07, 6.45) is 1.71. The highest BCUT2D eigenvalue weighted by Gasteiger charge is 2.01. The van der Waals surface area contributed by atoms with E-state index in [4.69, 9.17) is 0 Å². The van der Waals surface area contributed by atoms with Gasteiger partial charge in [-0.25, -0.2) is 0 Å². The fourth-order valence-corrected chi connectivity index (χ4v) is 1.33. The summed E-state index contributed by atoms with van der Waals surface area (Å²) in [5.41, 5.74) is 1.88. The minimum atomic E-state index is 0.784. The Balaban J connectivity index is 2.29. The Morgan fingerprint density at radius 2 is 2.33 bits per heavy atom. The van der Waals surface area contributed by atoms with Gasteiger partial charge in [-0.2, -0.15) is 5.10 Å². The van der Waals surface area contributed by atoms with Gasteiger partial charge in [0.2, 0.25) is 0 Å². The molecule has 4 heteroatoms. The SMILES string of the molecule is [CH2]c1cccc(-n2ncc(NCC)n2)c1. The summed E-state index contributed by atoms with van der Waals surface area (Å²) in [5, 5.41) is 11.5. The Hall–Kier alpha value is -1.84. The van der Waals surface area contributed by atoms with E-state index in [1.807, 2.05) is 31.2 Å². The highest BCUT2D eigenvalue weighted by atomic mass is 15.5. The second kappa shape index (κ2) is 4.13. The van der Waals surface area contributed by atoms with Crippen LogP contribution >= 0.6 is 0 Å². The quantitative estimate of drug-likeness (QED) is 0.824. The first-order valence-corrected chi connectivity index (χ1v) is 4.88. The third-order valence-electron chi connectivity index (χ3n) is 1.99. The van der Waals surface area contributed by atoms with Crippen molar-refractivity contribution in [2.45, 2.75) is 6.92 Å². The lowest BCUT2D eigenvalue weighted by Gasteiger charge is -2.00. The molecule has 0 bridgehead atoms. The van der Waals surface area contributed by atoms with Gasteiger partial charge < -0.3 is 5.32 Å². The predicted molar refractivity (Wildman–Crippen MR) is 60.0 cm³/mol. The molecule has 1 radical (unpaired) electrons. The zero-order valence-electron chi connectivity index (χ0n) is 8.64. The Morgan fingerprint density at radius 3 is 3.07 bits per heavy atom. The van der Waals surface area contributed by atoms with Gasteiger partial charge in [-0.15, -0.1) is 9.90 Å². The minimum absolute atomic E-state index is 0.784. The monoisotopic (exact) mass is 201 g/mol. The van der Waals surface area contributed by atoms with Crippen molar-refractivity contribution in [3.63, 3.8) is 0 Å². The summed E-state index contributed by atoms with van der Waals surface area (Å²) >= 11 is 0. The number of nitrogens with one attached hydrogen (secondary N) is 1. The van der Waals surface area contributed by atoms with E-state index in [1.165, 1.54) is 0 Å². The largest absolute Gasteiger partial charge is 0.368 e. The molecule has 0 aliphatic rings. The molecule has 0 fully saturated rings. The number of benzene rings is 1. The molecule has 0 aliphatic carbocycles. The minimum Gasteiger partial charge on any atom is -0.368 e. The number of rotatable bonds is 3. The van der Waals surface area contributed by atoms with Crippen molar-refractivity contribution in [3.05, 3.63) is 42.9 Å². The van der Waals surface area contributed by atoms with Gasteiger partial charge in [0.1, 0.15) is 0 Å². The molecular formula is C11H13N4. The molecule has 1 heterocycles. The zero-order valence-corrected chi connectivity index (χ0v) is 8.64. The first kappa shape index (κ1) is 9.71. The van der Waals surface area contributed by atoms with Gasteiger partial charge in [-0.1, -0.05) is 12.1 Å². The van der Waals surface area contributed by atoms with Crippen LogP contribution in [0.1, 0.15) is 12.5 Å². The van der Waals surface area contributed by atoms with Crippen molar-refractivity contribution in [2.24, 2.45) is 0 Å². The van der Waals surface area contributed by atoms with Gasteiger partial charge in [0.05, 0.1) is 11.9 Å². The molecule has 0 amide bonds. The third-order valence-corrected chi connectivity index (χ3v) is 1.99. The first-order valence-electron chi connectivity index (χ1n) is 4.88. The van der Waals surface area contributed by atoms with Crippen LogP contribution in [-0.4, -0.2) is 21.5 Å². The van der Waals surface area contributed by atoms with Crippen molar-refractivity contribution < 1.29 is 0 Å². The van der Waals surface area contributed by atoms with Crippen LogP contribution in [0.3, 0.4) is 0 Å². The highest BCUT2D eigenvalue weighted by molar-refractivity contribution is 5.37. The summed E-state index contributed by atoms with van der Waals surface area (Å²) in [7, 11) is 0. The molecule has 0 spiro atoms. The van der Waals surface area contributed by atoms with Crippen LogP contribution in [0, 0.1) is 6.92 Å². The molecule has 0 atom stereocenters. The fourth-order valence-electron chi connectivity index (χ4n) is 1.33. The van der Waals surface area contributed by atoms with Gasteiger partial charge in [0.25, 0.3) is 0 Å². The Kier molecular flexibility index (Phi) is 2.67. The lowest BCUT2D eigenvalue weighted by atomic mass is 10.2. The lowest BCUT2D eigenvalue weighted by molar-refractivity contribution is 0.752. The topological polar surface area (TPSA) is 42.7 Å². The molecule has 0 unspecified atom stereocenters. The number of anilines is 1. The van der Waals surface area contributed by atoms with E-state index < -0.39 is 0 Å². The highest BCUT2D eigenvalue weighted by Crippen LogP contribution is 2.09. The average Bonchev–Trinajstić information content (AvgIpc) is 2.67. The number of hydrogen-bond donors (Lipinski definition) is 1. The molecule has 0 saturated heterocycles. The van der Waals surface area contributed by atoms with Crippen LogP contribution in [0.4, 0.5) is 5.82 Å². The Morgan fingerprint density at radius 1 is 1.47 bits per heavy atom. The van der Waals surface area contributed by atoms with Crippen molar-refractivity contribution in [3.8, 4) is 5.69 Å². The van der Waals surface area contributed by atoms with Gasteiger partial charge in [0.15, 0.2) is 5.82 Å². The maximum absolute atomic E-state index is 4.28. The molecule has 1 N–H and O–H groups in total. The van der Waals surface area contributed by atoms with Gasteiger partial charge in [-0.05, 0) is 31.5 Å². The summed E-state index contributed by atoms with van der Waals surface area (Å²) in [5.74, 6) is 0.784. The first-order chi connectivity index (χ1) is 7.29. The van der Waals surface area contributed by atoms with Crippen LogP contribution in [-0.2, 0) is 0 Å². The van der Waals surface area contributed by atoms with Crippen LogP contribution in [0.15, 0.2) is 30.5 Å². The molecule has 4 nitrogen and oxygen atoms in total. The van der Waals surface area contributed by atoms with Crippen molar-refractivity contribution in [1.82, 2.24) is 15.0 Å². The second-order valence-electron chi connectivity index (χ2n) is 3.22. The van der Waals surface area contributed by atoms with Crippen LogP contribution < -0.4 is 5.32 Å². The number of aromatic nitrogens is 3. The maximum Gasteiger partial charge on any atom is 0.169 e. The van der Waals surface area contributed by atoms with Crippen molar-refractivity contribution in [1.29, 1.82) is 0 Å². The van der Waals surface area contributed by atoms with E-state index in [9.17, 15) is 0 Å². The molecule has 0 saturated carbocycles. The summed E-state index contributed by atoms with van der Waals surface area (Å²) in [6.45, 7) is 6.73. The van der Waals surface area contributed by atoms with Gasteiger partial charge in [0, 0.05) is 6.54 Å². The normalized spacial score (nSPS) is 10.3. The van der Waals surface area contributed by atoms with Gasteiger partial charge >= 0.3 is 0 Å². The van der Waals surface area contributed by atoms with E-state index in [0.29, 0.717) is 0 Å². The van der Waals surface area contributed by atoms with Gasteiger partial charge in [-0.3, -0.25) is 0 Å². The van der Waals surface area contributed by atoms with E-state index in [1.54, 1.807) is 11.0 Å². The molecule has 2 aromatic rings. The van der Waals surface area contributed by atoms with E-state index >= 15 is 0 Å². The predicted octanol–water partition coefficient (Wildman–Crippen LogP) is 1.88. The zero-order chi connectivity index (χ0) is 10.7. The molecule has 1 aromatic heterocycles. The fraction of sp³-hybridized carbons (Fsp3) is 0.182. The standard InChI is InChI=1S/C11H13N4/c1-3-12-11-8-13-15(14-11)10-6-4-5-9(2)7-10/h4-8H,2-3H2,1H3,(H,12,14). The average molecular weight is 201 g/mol. The molecular weight excluding hydrogens is 188 g/mol. The maximum atomic E-state index is 4.28. The van der Waals surface area contributed by atoms with Crippen LogP contribution in [0.5, 0.6) is 0 Å². The summed E-state index contributed by atoms with van der Waals surface area (Å²) in [4.78, 5) is 1.59. The van der Waals surface area contributed by atoms with E-state index in [2.05, 4.69) is 22.4 Å². The number of hydrogen-bond acceptors (Lipinski definition) is 3. The molecule has 77 valence electrons. The van der Waals surface area contributed by atoms with E-state index in [0.717, 1.165) is 23.6 Å². The summed E-state index contributed by atoms with van der Waals surface area (Å²) < 4.78 is 0. The van der Waals surface area contributed by atoms with E-state index in [-0.39, 0.29) is 0 Å². The van der Waals surface area contributed by atoms with Crippen LogP contribution in [0.2, 0.25) is 0 Å². The third kappa shape index (κ3) is 2.15. The molecule has 0 aliphatic heterocycles. The van der Waals surface area contributed by atoms with Crippen molar-refractivity contribution >= 4 is 5.82 Å². The summed E-state index contributed by atoms with van der Waals surface area (Å²) in [6, 6.07) is 7.77.